The standard InChI is InChI=1S/C16H28O3S/c1-3-12-7-9-13(10-8-12)16(17)14-5-4-6-15(11-14)20(2,18)19/h12-15H,3-11H2,1-2H3. The van der Waals surface area contributed by atoms with Gasteiger partial charge in [0.1, 0.15) is 15.6 Å². The second-order valence-corrected chi connectivity index (χ2v) is 9.17. The van der Waals surface area contributed by atoms with Crippen molar-refractivity contribution in [2.24, 2.45) is 17.8 Å². The van der Waals surface area contributed by atoms with Crippen molar-refractivity contribution in [2.75, 3.05) is 6.26 Å². The van der Waals surface area contributed by atoms with Crippen LogP contribution in [-0.4, -0.2) is 25.7 Å². The van der Waals surface area contributed by atoms with Gasteiger partial charge in [-0.25, -0.2) is 8.42 Å². The highest BCUT2D eigenvalue weighted by Crippen LogP contribution is 2.36. The fraction of sp³-hybridized carbons (Fsp3) is 0.938. The average molecular weight is 300 g/mol. The van der Waals surface area contributed by atoms with Gasteiger partial charge in [0.05, 0.1) is 5.25 Å². The van der Waals surface area contributed by atoms with Crippen LogP contribution in [0.3, 0.4) is 0 Å². The molecule has 2 saturated carbocycles. The molecule has 4 heteroatoms. The molecule has 0 bridgehead atoms. The van der Waals surface area contributed by atoms with Crippen LogP contribution in [0.4, 0.5) is 0 Å². The van der Waals surface area contributed by atoms with Gasteiger partial charge in [-0.05, 0) is 50.9 Å². The summed E-state index contributed by atoms with van der Waals surface area (Å²) in [5.74, 6) is 1.38. The third-order valence-corrected chi connectivity index (χ3v) is 7.10. The molecule has 0 amide bonds. The Hall–Kier alpha value is -0.380. The van der Waals surface area contributed by atoms with Crippen molar-refractivity contribution in [1.29, 1.82) is 0 Å². The molecule has 0 aliphatic heterocycles. The molecule has 0 aromatic rings. The molecular weight excluding hydrogens is 272 g/mol. The molecule has 2 atom stereocenters. The minimum absolute atomic E-state index is 0.00616. The SMILES string of the molecule is CCC1CCC(C(=O)C2CCCC(S(C)(=O)=O)C2)CC1. The Morgan fingerprint density at radius 3 is 2.20 bits per heavy atom. The Bertz CT molecular complexity index is 433. The lowest BCUT2D eigenvalue weighted by Crippen LogP contribution is -2.35. The van der Waals surface area contributed by atoms with Crippen molar-refractivity contribution < 1.29 is 13.2 Å². The van der Waals surface area contributed by atoms with E-state index in [4.69, 9.17) is 0 Å². The third-order valence-electron chi connectivity index (χ3n) is 5.46. The van der Waals surface area contributed by atoms with Crippen LogP contribution in [0, 0.1) is 17.8 Å². The predicted octanol–water partition coefficient (Wildman–Crippen LogP) is 3.38. The molecule has 3 nitrogen and oxygen atoms in total. The first-order chi connectivity index (χ1) is 9.41. The number of sulfone groups is 1. The third kappa shape index (κ3) is 3.84. The molecule has 0 saturated heterocycles. The maximum absolute atomic E-state index is 12.6. The Kier molecular flexibility index (Phi) is 5.27. The van der Waals surface area contributed by atoms with E-state index in [9.17, 15) is 13.2 Å². The highest BCUT2D eigenvalue weighted by molar-refractivity contribution is 7.91. The topological polar surface area (TPSA) is 51.2 Å². The number of hydrogen-bond acceptors (Lipinski definition) is 3. The van der Waals surface area contributed by atoms with Crippen molar-refractivity contribution >= 4 is 15.6 Å². The molecule has 0 spiro atoms. The van der Waals surface area contributed by atoms with Gasteiger partial charge in [0.25, 0.3) is 0 Å². The van der Waals surface area contributed by atoms with E-state index in [1.54, 1.807) is 0 Å². The molecule has 2 rings (SSSR count). The zero-order chi connectivity index (χ0) is 14.8. The molecule has 2 aliphatic rings. The molecule has 2 fully saturated rings. The summed E-state index contributed by atoms with van der Waals surface area (Å²) >= 11 is 0. The minimum Gasteiger partial charge on any atom is -0.299 e. The van der Waals surface area contributed by atoms with Gasteiger partial charge >= 0.3 is 0 Å². The van der Waals surface area contributed by atoms with Crippen molar-refractivity contribution in [3.63, 3.8) is 0 Å². The lowest BCUT2D eigenvalue weighted by molar-refractivity contribution is -0.129. The molecule has 0 radical (unpaired) electrons. The summed E-state index contributed by atoms with van der Waals surface area (Å²) in [5.41, 5.74) is 0. The number of carbonyl (C=O) groups is 1. The largest absolute Gasteiger partial charge is 0.299 e. The van der Waals surface area contributed by atoms with Crippen LogP contribution in [0.5, 0.6) is 0 Å². The lowest BCUT2D eigenvalue weighted by atomic mass is 9.73. The molecule has 116 valence electrons. The van der Waals surface area contributed by atoms with E-state index in [-0.39, 0.29) is 17.1 Å². The van der Waals surface area contributed by atoms with E-state index in [2.05, 4.69) is 6.92 Å². The first kappa shape index (κ1) is 16.0. The van der Waals surface area contributed by atoms with Crippen molar-refractivity contribution in [1.82, 2.24) is 0 Å². The van der Waals surface area contributed by atoms with E-state index in [1.807, 2.05) is 0 Å². The molecule has 2 unspecified atom stereocenters. The molecular formula is C16H28O3S. The smallest absolute Gasteiger partial charge is 0.150 e. The van der Waals surface area contributed by atoms with Crippen LogP contribution in [0.25, 0.3) is 0 Å². The molecule has 0 aromatic carbocycles. The number of Topliss-reactive ketones (excluding diaryl/α,β-unsaturated/α-hetero) is 1. The van der Waals surface area contributed by atoms with Crippen LogP contribution >= 0.6 is 0 Å². The van der Waals surface area contributed by atoms with E-state index in [0.717, 1.165) is 38.0 Å². The van der Waals surface area contributed by atoms with E-state index >= 15 is 0 Å². The van der Waals surface area contributed by atoms with Gasteiger partial charge in [-0.15, -0.1) is 0 Å². The monoisotopic (exact) mass is 300 g/mol. The Labute approximate surface area is 123 Å². The zero-order valence-corrected chi connectivity index (χ0v) is 13.6. The zero-order valence-electron chi connectivity index (χ0n) is 12.8. The van der Waals surface area contributed by atoms with E-state index in [1.165, 1.54) is 25.5 Å². The van der Waals surface area contributed by atoms with Crippen molar-refractivity contribution in [2.45, 2.75) is 70.0 Å². The fourth-order valence-corrected chi connectivity index (χ4v) is 5.16. The summed E-state index contributed by atoms with van der Waals surface area (Å²) < 4.78 is 23.4. The van der Waals surface area contributed by atoms with Crippen molar-refractivity contribution in [3.8, 4) is 0 Å². The van der Waals surface area contributed by atoms with E-state index < -0.39 is 9.84 Å². The summed E-state index contributed by atoms with van der Waals surface area (Å²) in [7, 11) is -2.99. The van der Waals surface area contributed by atoms with Gasteiger partial charge in [0, 0.05) is 18.1 Å². The summed E-state index contributed by atoms with van der Waals surface area (Å²) in [6, 6.07) is 0. The molecule has 20 heavy (non-hydrogen) atoms. The second-order valence-electron chi connectivity index (χ2n) is 6.84. The lowest BCUT2D eigenvalue weighted by Gasteiger charge is -2.32. The van der Waals surface area contributed by atoms with E-state index in [0.29, 0.717) is 12.2 Å². The average Bonchev–Trinajstić information content (AvgIpc) is 2.46. The second kappa shape index (κ2) is 6.59. The quantitative estimate of drug-likeness (QED) is 0.800. The molecule has 2 aliphatic carbocycles. The summed E-state index contributed by atoms with van der Waals surface area (Å²) in [6.07, 6.45) is 10.0. The van der Waals surface area contributed by atoms with Crippen molar-refractivity contribution in [3.05, 3.63) is 0 Å². The first-order valence-electron chi connectivity index (χ1n) is 8.14. The number of hydrogen-bond donors (Lipinski definition) is 0. The van der Waals surface area contributed by atoms with Crippen LogP contribution in [-0.2, 0) is 14.6 Å². The summed E-state index contributed by atoms with van der Waals surface area (Å²) in [5, 5.41) is -0.280. The van der Waals surface area contributed by atoms with Gasteiger partial charge < -0.3 is 0 Å². The Balaban J connectivity index is 1.92. The maximum atomic E-state index is 12.6. The number of ketones is 1. The minimum atomic E-state index is -2.99. The van der Waals surface area contributed by atoms with Crippen LogP contribution in [0.1, 0.15) is 64.7 Å². The molecule has 0 heterocycles. The van der Waals surface area contributed by atoms with Gasteiger partial charge in [0.2, 0.25) is 0 Å². The summed E-state index contributed by atoms with van der Waals surface area (Å²) in [4.78, 5) is 12.6. The van der Waals surface area contributed by atoms with Gasteiger partial charge in [-0.3, -0.25) is 4.79 Å². The highest BCUT2D eigenvalue weighted by atomic mass is 32.2. The highest BCUT2D eigenvalue weighted by Gasteiger charge is 2.36. The molecule has 0 aromatic heterocycles. The molecule has 0 N–H and O–H groups in total. The van der Waals surface area contributed by atoms with Gasteiger partial charge in [-0.2, -0.15) is 0 Å². The van der Waals surface area contributed by atoms with Crippen LogP contribution < -0.4 is 0 Å². The summed E-state index contributed by atoms with van der Waals surface area (Å²) in [6.45, 7) is 2.23. The first-order valence-corrected chi connectivity index (χ1v) is 10.1. The van der Waals surface area contributed by atoms with Crippen LogP contribution in [0.15, 0.2) is 0 Å². The maximum Gasteiger partial charge on any atom is 0.150 e. The predicted molar refractivity (Wildman–Crippen MR) is 81.3 cm³/mol. The Morgan fingerprint density at radius 2 is 1.65 bits per heavy atom. The van der Waals surface area contributed by atoms with Gasteiger partial charge in [0.15, 0.2) is 0 Å². The Morgan fingerprint density at radius 1 is 1.00 bits per heavy atom. The fourth-order valence-electron chi connectivity index (χ4n) is 3.98. The normalized spacial score (nSPS) is 35.7. The van der Waals surface area contributed by atoms with Gasteiger partial charge in [-0.1, -0.05) is 19.8 Å². The number of rotatable bonds is 4. The van der Waals surface area contributed by atoms with Crippen LogP contribution in [0.2, 0.25) is 0 Å². The number of carbonyl (C=O) groups excluding carboxylic acids is 1.